The van der Waals surface area contributed by atoms with Gasteiger partial charge in [0.1, 0.15) is 0 Å². The van der Waals surface area contributed by atoms with Crippen molar-refractivity contribution in [3.05, 3.63) is 30.1 Å². The molecule has 2 atom stereocenters. The molecule has 1 aromatic rings. The molecule has 0 bridgehead atoms. The molecule has 2 N–H and O–H groups in total. The molecule has 19 heavy (non-hydrogen) atoms. The fourth-order valence-electron chi connectivity index (χ4n) is 1.71. The van der Waals surface area contributed by atoms with Gasteiger partial charge in [-0.15, -0.1) is 0 Å². The van der Waals surface area contributed by atoms with Gasteiger partial charge in [0.25, 0.3) is 0 Å². The molecule has 0 aliphatic rings. The molecule has 0 aromatic carbocycles. The van der Waals surface area contributed by atoms with Crippen LogP contribution >= 0.6 is 0 Å². The molecule has 0 spiro atoms. The average molecular weight is 268 g/mol. The molecule has 1 rings (SSSR count). The second kappa shape index (κ2) is 9.86. The summed E-state index contributed by atoms with van der Waals surface area (Å²) in [7, 11) is 1.66. The number of nitrogens with zero attached hydrogens (tertiary/aromatic N) is 1. The third-order valence-electron chi connectivity index (χ3n) is 2.65. The van der Waals surface area contributed by atoms with Crippen molar-refractivity contribution < 1.29 is 14.2 Å². The first-order valence-electron chi connectivity index (χ1n) is 6.59. The van der Waals surface area contributed by atoms with Crippen molar-refractivity contribution in [1.82, 2.24) is 4.98 Å². The number of rotatable bonds is 10. The minimum absolute atomic E-state index is 0.0707. The van der Waals surface area contributed by atoms with Crippen molar-refractivity contribution >= 4 is 0 Å². The van der Waals surface area contributed by atoms with E-state index in [1.807, 2.05) is 19.1 Å². The van der Waals surface area contributed by atoms with Crippen LogP contribution in [-0.2, 0) is 14.2 Å². The summed E-state index contributed by atoms with van der Waals surface area (Å²) >= 11 is 0. The molecular formula is C14H24N2O3. The highest BCUT2D eigenvalue weighted by Crippen LogP contribution is 2.19. The molecule has 2 unspecified atom stereocenters. The van der Waals surface area contributed by atoms with Crippen molar-refractivity contribution in [2.24, 2.45) is 5.73 Å². The van der Waals surface area contributed by atoms with Gasteiger partial charge in [-0.05, 0) is 19.4 Å². The number of aromatic nitrogens is 1. The van der Waals surface area contributed by atoms with Crippen molar-refractivity contribution in [2.75, 3.05) is 33.5 Å². The number of ether oxygens (including phenoxy) is 3. The number of hydrogen-bond acceptors (Lipinski definition) is 5. The Morgan fingerprint density at radius 3 is 2.74 bits per heavy atom. The molecule has 1 heterocycles. The number of nitrogens with two attached hydrogens (primary N) is 1. The van der Waals surface area contributed by atoms with Crippen LogP contribution in [-0.4, -0.2) is 44.6 Å². The van der Waals surface area contributed by atoms with Gasteiger partial charge in [0.2, 0.25) is 0 Å². The molecule has 5 nitrogen and oxygen atoms in total. The van der Waals surface area contributed by atoms with Crippen molar-refractivity contribution in [3.63, 3.8) is 0 Å². The fourth-order valence-corrected chi connectivity index (χ4v) is 1.71. The van der Waals surface area contributed by atoms with Gasteiger partial charge in [-0.3, -0.25) is 4.98 Å². The van der Waals surface area contributed by atoms with Gasteiger partial charge in [0.15, 0.2) is 0 Å². The summed E-state index contributed by atoms with van der Waals surface area (Å²) in [6, 6.07) is 3.80. The summed E-state index contributed by atoms with van der Waals surface area (Å²) in [5.74, 6) is 0. The zero-order chi connectivity index (χ0) is 13.9. The minimum Gasteiger partial charge on any atom is -0.382 e. The highest BCUT2D eigenvalue weighted by molar-refractivity contribution is 5.13. The molecule has 0 amide bonds. The van der Waals surface area contributed by atoms with Gasteiger partial charge >= 0.3 is 0 Å². The maximum absolute atomic E-state index is 5.95. The van der Waals surface area contributed by atoms with Gasteiger partial charge in [-0.1, -0.05) is 6.07 Å². The standard InChI is InChI=1S/C14H24N2O3/c1-12(15)14(13-5-3-6-16-11-13)19-8-4-7-18-10-9-17-2/h3,5-6,11-12,14H,4,7-10,15H2,1-2H3. The van der Waals surface area contributed by atoms with E-state index in [2.05, 4.69) is 4.98 Å². The first-order valence-corrected chi connectivity index (χ1v) is 6.59. The van der Waals surface area contributed by atoms with E-state index < -0.39 is 0 Å². The Morgan fingerprint density at radius 2 is 2.11 bits per heavy atom. The molecule has 0 saturated heterocycles. The Labute approximate surface area is 115 Å². The Kier molecular flexibility index (Phi) is 8.33. The largest absolute Gasteiger partial charge is 0.382 e. The van der Waals surface area contributed by atoms with Gasteiger partial charge in [-0.25, -0.2) is 0 Å². The smallest absolute Gasteiger partial charge is 0.0987 e. The molecule has 1 aromatic heterocycles. The maximum Gasteiger partial charge on any atom is 0.0987 e. The van der Waals surface area contributed by atoms with E-state index in [1.165, 1.54) is 0 Å². The van der Waals surface area contributed by atoms with Crippen LogP contribution in [0.2, 0.25) is 0 Å². The first kappa shape index (κ1) is 16.0. The summed E-state index contributed by atoms with van der Waals surface area (Å²) < 4.78 is 16.1. The lowest BCUT2D eigenvalue weighted by Gasteiger charge is -2.21. The summed E-state index contributed by atoms with van der Waals surface area (Å²) in [5.41, 5.74) is 6.96. The predicted molar refractivity (Wildman–Crippen MR) is 73.9 cm³/mol. The lowest BCUT2D eigenvalue weighted by molar-refractivity contribution is 0.0142. The van der Waals surface area contributed by atoms with Gasteiger partial charge < -0.3 is 19.9 Å². The second-order valence-electron chi connectivity index (χ2n) is 4.40. The van der Waals surface area contributed by atoms with Gasteiger partial charge in [0, 0.05) is 44.3 Å². The third kappa shape index (κ3) is 6.63. The first-order chi connectivity index (χ1) is 9.25. The topological polar surface area (TPSA) is 66.6 Å². The number of pyridine rings is 1. The average Bonchev–Trinajstić information content (AvgIpc) is 2.42. The van der Waals surface area contributed by atoms with Crippen LogP contribution in [0.5, 0.6) is 0 Å². The van der Waals surface area contributed by atoms with Gasteiger partial charge in [-0.2, -0.15) is 0 Å². The second-order valence-corrected chi connectivity index (χ2v) is 4.40. The molecule has 5 heteroatoms. The van der Waals surface area contributed by atoms with Crippen LogP contribution in [0.25, 0.3) is 0 Å². The van der Waals surface area contributed by atoms with E-state index in [1.54, 1.807) is 19.5 Å². The summed E-state index contributed by atoms with van der Waals surface area (Å²) in [4.78, 5) is 4.09. The maximum atomic E-state index is 5.95. The lowest BCUT2D eigenvalue weighted by Crippen LogP contribution is -2.27. The SMILES string of the molecule is COCCOCCCOC(c1cccnc1)C(C)N. The normalized spacial score (nSPS) is 14.3. The lowest BCUT2D eigenvalue weighted by atomic mass is 10.1. The van der Waals surface area contributed by atoms with E-state index >= 15 is 0 Å². The van der Waals surface area contributed by atoms with E-state index in [0.717, 1.165) is 12.0 Å². The molecule has 0 radical (unpaired) electrons. The highest BCUT2D eigenvalue weighted by atomic mass is 16.5. The Balaban J connectivity index is 2.24. The molecule has 108 valence electrons. The quantitative estimate of drug-likeness (QED) is 0.652. The van der Waals surface area contributed by atoms with Crippen molar-refractivity contribution in [2.45, 2.75) is 25.5 Å². The zero-order valence-corrected chi connectivity index (χ0v) is 11.7. The zero-order valence-electron chi connectivity index (χ0n) is 11.7. The monoisotopic (exact) mass is 268 g/mol. The number of methoxy groups -OCH3 is 1. The third-order valence-corrected chi connectivity index (χ3v) is 2.65. The Hall–Kier alpha value is -1.01. The van der Waals surface area contributed by atoms with Gasteiger partial charge in [0.05, 0.1) is 19.3 Å². The van der Waals surface area contributed by atoms with Crippen LogP contribution in [0, 0.1) is 0 Å². The van der Waals surface area contributed by atoms with E-state index in [0.29, 0.717) is 26.4 Å². The van der Waals surface area contributed by atoms with Crippen LogP contribution in [0.15, 0.2) is 24.5 Å². The Bertz CT molecular complexity index is 320. The molecule has 0 aliphatic carbocycles. The van der Waals surface area contributed by atoms with Crippen LogP contribution in [0.1, 0.15) is 25.0 Å². The summed E-state index contributed by atoms with van der Waals surface area (Å²) in [6.45, 7) is 4.47. The highest BCUT2D eigenvalue weighted by Gasteiger charge is 2.16. The molecular weight excluding hydrogens is 244 g/mol. The molecule has 0 saturated carbocycles. The summed E-state index contributed by atoms with van der Waals surface area (Å²) in [6.07, 6.45) is 4.26. The fraction of sp³-hybridized carbons (Fsp3) is 0.643. The van der Waals surface area contributed by atoms with Crippen LogP contribution in [0.3, 0.4) is 0 Å². The van der Waals surface area contributed by atoms with E-state index in [-0.39, 0.29) is 12.1 Å². The van der Waals surface area contributed by atoms with Crippen molar-refractivity contribution in [1.29, 1.82) is 0 Å². The van der Waals surface area contributed by atoms with Crippen LogP contribution in [0.4, 0.5) is 0 Å². The van der Waals surface area contributed by atoms with E-state index in [9.17, 15) is 0 Å². The van der Waals surface area contributed by atoms with Crippen molar-refractivity contribution in [3.8, 4) is 0 Å². The van der Waals surface area contributed by atoms with E-state index in [4.69, 9.17) is 19.9 Å². The molecule has 0 fully saturated rings. The molecule has 0 aliphatic heterocycles. The van der Waals surface area contributed by atoms with Crippen LogP contribution < -0.4 is 5.73 Å². The number of hydrogen-bond donors (Lipinski definition) is 1. The summed E-state index contributed by atoms with van der Waals surface area (Å²) in [5, 5.41) is 0. The minimum atomic E-state index is -0.118. The Morgan fingerprint density at radius 1 is 1.26 bits per heavy atom. The predicted octanol–water partition coefficient (Wildman–Crippen LogP) is 1.54.